The highest BCUT2D eigenvalue weighted by molar-refractivity contribution is 5.46. The summed E-state index contributed by atoms with van der Waals surface area (Å²) in [4.78, 5) is 0. The lowest BCUT2D eigenvalue weighted by atomic mass is 9.68. The lowest BCUT2D eigenvalue weighted by Gasteiger charge is -2.42. The number of para-hydroxylation sites is 1. The van der Waals surface area contributed by atoms with Crippen LogP contribution in [0.3, 0.4) is 0 Å². The maximum Gasteiger partial charge on any atom is 0.127 e. The molecule has 1 aromatic rings. The summed E-state index contributed by atoms with van der Waals surface area (Å²) in [5.41, 5.74) is 3.16. The maximum atomic E-state index is 5.95. The average molecular weight is 273 g/mol. The molecule has 2 aliphatic rings. The van der Waals surface area contributed by atoms with Crippen molar-refractivity contribution in [3.8, 4) is 5.75 Å². The van der Waals surface area contributed by atoms with Crippen molar-refractivity contribution < 1.29 is 4.74 Å². The third-order valence-corrected chi connectivity index (χ3v) is 5.16. The third-order valence-electron chi connectivity index (χ3n) is 5.16. The van der Waals surface area contributed by atoms with E-state index in [9.17, 15) is 0 Å². The summed E-state index contributed by atoms with van der Waals surface area (Å²) >= 11 is 0. The predicted molar refractivity (Wildman–Crippen MR) is 83.3 cm³/mol. The summed E-state index contributed by atoms with van der Waals surface area (Å²) < 4.78 is 5.95. The molecule has 0 bridgehead atoms. The summed E-state index contributed by atoms with van der Waals surface area (Å²) in [7, 11) is 0. The molecule has 2 heteroatoms. The predicted octanol–water partition coefficient (Wildman–Crippen LogP) is 4.24. The van der Waals surface area contributed by atoms with E-state index in [0.29, 0.717) is 11.5 Å². The molecule has 0 radical (unpaired) electrons. The van der Waals surface area contributed by atoms with Crippen LogP contribution in [-0.4, -0.2) is 13.2 Å². The van der Waals surface area contributed by atoms with E-state index < -0.39 is 0 Å². The van der Waals surface area contributed by atoms with Gasteiger partial charge < -0.3 is 10.1 Å². The normalized spacial score (nSPS) is 22.1. The first kappa shape index (κ1) is 13.9. The van der Waals surface area contributed by atoms with Gasteiger partial charge in [-0.3, -0.25) is 0 Å². The van der Waals surface area contributed by atoms with Crippen molar-refractivity contribution in [2.45, 2.75) is 58.4 Å². The van der Waals surface area contributed by atoms with Crippen LogP contribution < -0.4 is 10.1 Å². The number of fused-ring (bicyclic) bond motifs is 1. The Balaban J connectivity index is 1.96. The molecule has 1 atom stereocenters. The highest BCUT2D eigenvalue weighted by Crippen LogP contribution is 2.48. The van der Waals surface area contributed by atoms with Crippen molar-refractivity contribution in [3.05, 3.63) is 29.3 Å². The minimum Gasteiger partial charge on any atom is -0.493 e. The van der Waals surface area contributed by atoms with Crippen LogP contribution >= 0.6 is 0 Å². The zero-order valence-corrected chi connectivity index (χ0v) is 12.9. The summed E-state index contributed by atoms with van der Waals surface area (Å²) in [6, 6.07) is 7.13. The minimum absolute atomic E-state index is 0.370. The molecule has 0 saturated heterocycles. The van der Waals surface area contributed by atoms with Crippen LogP contribution in [0.5, 0.6) is 5.75 Å². The van der Waals surface area contributed by atoms with Gasteiger partial charge in [0.25, 0.3) is 0 Å². The van der Waals surface area contributed by atoms with Crippen molar-refractivity contribution in [1.82, 2.24) is 5.32 Å². The Hall–Kier alpha value is -1.02. The monoisotopic (exact) mass is 273 g/mol. The molecule has 0 aromatic heterocycles. The van der Waals surface area contributed by atoms with Gasteiger partial charge in [0, 0.05) is 18.0 Å². The van der Waals surface area contributed by atoms with Gasteiger partial charge in [-0.1, -0.05) is 51.3 Å². The van der Waals surface area contributed by atoms with Crippen LogP contribution in [0.1, 0.15) is 63.1 Å². The second kappa shape index (κ2) is 5.77. The van der Waals surface area contributed by atoms with Crippen molar-refractivity contribution in [3.63, 3.8) is 0 Å². The first-order valence-corrected chi connectivity index (χ1v) is 8.22. The molecule has 1 aromatic carbocycles. The van der Waals surface area contributed by atoms with Gasteiger partial charge in [-0.15, -0.1) is 0 Å². The molecule has 1 fully saturated rings. The van der Waals surface area contributed by atoms with Crippen molar-refractivity contribution in [2.24, 2.45) is 5.41 Å². The van der Waals surface area contributed by atoms with Gasteiger partial charge in [-0.25, -0.2) is 0 Å². The Labute approximate surface area is 122 Å². The number of benzene rings is 1. The summed E-state index contributed by atoms with van der Waals surface area (Å²) in [6.45, 7) is 6.54. The van der Waals surface area contributed by atoms with E-state index in [2.05, 4.69) is 37.4 Å². The topological polar surface area (TPSA) is 21.3 Å². The second-order valence-corrected chi connectivity index (χ2v) is 6.64. The number of rotatable bonds is 4. The summed E-state index contributed by atoms with van der Waals surface area (Å²) in [5, 5.41) is 3.76. The zero-order valence-electron chi connectivity index (χ0n) is 12.9. The van der Waals surface area contributed by atoms with Gasteiger partial charge in [0.05, 0.1) is 6.61 Å². The molecular weight excluding hydrogens is 246 g/mol. The molecule has 1 aliphatic carbocycles. The first-order valence-electron chi connectivity index (χ1n) is 8.22. The maximum absolute atomic E-state index is 5.95. The van der Waals surface area contributed by atoms with Crippen LogP contribution in [-0.2, 0) is 6.42 Å². The van der Waals surface area contributed by atoms with E-state index in [4.69, 9.17) is 4.74 Å². The van der Waals surface area contributed by atoms with Gasteiger partial charge in [0.1, 0.15) is 5.75 Å². The van der Waals surface area contributed by atoms with Crippen molar-refractivity contribution >= 4 is 0 Å². The SMILES string of the molecule is CCNC(c1cccc2c1OCC2)C1(C)CCCCC1. The van der Waals surface area contributed by atoms with E-state index in [0.717, 1.165) is 19.6 Å². The van der Waals surface area contributed by atoms with Gasteiger partial charge >= 0.3 is 0 Å². The van der Waals surface area contributed by atoms with E-state index >= 15 is 0 Å². The fourth-order valence-corrected chi connectivity index (χ4v) is 4.05. The zero-order chi connectivity index (χ0) is 14.0. The van der Waals surface area contributed by atoms with Gasteiger partial charge in [0.2, 0.25) is 0 Å². The lowest BCUT2D eigenvalue weighted by molar-refractivity contribution is 0.143. The number of ether oxygens (including phenoxy) is 1. The molecule has 1 unspecified atom stereocenters. The van der Waals surface area contributed by atoms with Gasteiger partial charge in [-0.2, -0.15) is 0 Å². The number of nitrogens with one attached hydrogen (secondary N) is 1. The molecule has 1 heterocycles. The van der Waals surface area contributed by atoms with E-state index in [1.165, 1.54) is 49.0 Å². The Bertz CT molecular complexity index is 462. The van der Waals surface area contributed by atoms with Crippen LogP contribution in [0.25, 0.3) is 0 Å². The minimum atomic E-state index is 0.370. The van der Waals surface area contributed by atoms with E-state index in [1.54, 1.807) is 0 Å². The van der Waals surface area contributed by atoms with Crippen LogP contribution in [0, 0.1) is 5.41 Å². The van der Waals surface area contributed by atoms with Crippen LogP contribution in [0.2, 0.25) is 0 Å². The molecule has 0 spiro atoms. The molecule has 2 nitrogen and oxygen atoms in total. The standard InChI is InChI=1S/C18H27NO/c1-3-19-17(18(2)11-5-4-6-12-18)15-9-7-8-14-10-13-20-16(14)15/h7-9,17,19H,3-6,10-13H2,1-2H3. The molecule has 20 heavy (non-hydrogen) atoms. The van der Waals surface area contributed by atoms with Crippen molar-refractivity contribution in [1.29, 1.82) is 0 Å². The average Bonchev–Trinajstić information content (AvgIpc) is 2.94. The Morgan fingerprint density at radius 1 is 1.25 bits per heavy atom. The molecule has 0 amide bonds. The van der Waals surface area contributed by atoms with Crippen LogP contribution in [0.15, 0.2) is 18.2 Å². The third kappa shape index (κ3) is 2.46. The molecule has 1 N–H and O–H groups in total. The first-order chi connectivity index (χ1) is 9.74. The fourth-order valence-electron chi connectivity index (χ4n) is 4.05. The molecule has 1 saturated carbocycles. The lowest BCUT2D eigenvalue weighted by Crippen LogP contribution is -2.38. The fraction of sp³-hybridized carbons (Fsp3) is 0.667. The van der Waals surface area contributed by atoms with E-state index in [1.807, 2.05) is 0 Å². The number of hydrogen-bond donors (Lipinski definition) is 1. The summed E-state index contributed by atoms with van der Waals surface area (Å²) in [6.07, 6.45) is 7.86. The molecule has 3 rings (SSSR count). The van der Waals surface area contributed by atoms with Crippen molar-refractivity contribution in [2.75, 3.05) is 13.2 Å². The van der Waals surface area contributed by atoms with E-state index in [-0.39, 0.29) is 0 Å². The Kier molecular flexibility index (Phi) is 4.02. The van der Waals surface area contributed by atoms with Gasteiger partial charge in [0.15, 0.2) is 0 Å². The second-order valence-electron chi connectivity index (χ2n) is 6.64. The largest absolute Gasteiger partial charge is 0.493 e. The highest BCUT2D eigenvalue weighted by atomic mass is 16.5. The molecule has 1 aliphatic heterocycles. The highest BCUT2D eigenvalue weighted by Gasteiger charge is 2.38. The van der Waals surface area contributed by atoms with Gasteiger partial charge in [-0.05, 0) is 30.4 Å². The number of hydrogen-bond acceptors (Lipinski definition) is 2. The Morgan fingerprint density at radius 2 is 2.05 bits per heavy atom. The summed E-state index contributed by atoms with van der Waals surface area (Å²) in [5.74, 6) is 1.17. The molecule has 110 valence electrons. The molecular formula is C18H27NO. The van der Waals surface area contributed by atoms with Crippen LogP contribution in [0.4, 0.5) is 0 Å². The smallest absolute Gasteiger partial charge is 0.127 e. The quantitative estimate of drug-likeness (QED) is 0.886. The Morgan fingerprint density at radius 3 is 2.80 bits per heavy atom.